The second-order valence-electron chi connectivity index (χ2n) is 4.56. The molecule has 0 saturated heterocycles. The summed E-state index contributed by atoms with van der Waals surface area (Å²) >= 11 is 0. The fourth-order valence-electron chi connectivity index (χ4n) is 1.74. The first-order chi connectivity index (χ1) is 9.95. The lowest BCUT2D eigenvalue weighted by atomic mass is 10.3. The third-order valence-electron chi connectivity index (χ3n) is 2.84. The minimum atomic E-state index is -0.573. The number of imidazole rings is 1. The fourth-order valence-corrected chi connectivity index (χ4v) is 1.74. The molecule has 1 amide bonds. The molecule has 0 unspecified atom stereocenters. The van der Waals surface area contributed by atoms with Crippen molar-refractivity contribution in [2.75, 3.05) is 7.05 Å². The lowest BCUT2D eigenvalue weighted by Gasteiger charge is -2.14. The van der Waals surface area contributed by atoms with Crippen molar-refractivity contribution in [3.05, 3.63) is 34.3 Å². The van der Waals surface area contributed by atoms with Gasteiger partial charge in [-0.1, -0.05) is 0 Å². The number of nitro groups is 1. The van der Waals surface area contributed by atoms with Gasteiger partial charge in [-0.15, -0.1) is 0 Å². The standard InChI is InChI=1S/C11H15N7O3/c1-8-13-9(15-14-8)5-16(2)11(19)3-4-17-6-10(12-7-17)18(20)21/h6-7H,3-5H2,1-2H3,(H,13,14,15). The summed E-state index contributed by atoms with van der Waals surface area (Å²) in [6.45, 7) is 2.43. The second kappa shape index (κ2) is 6.11. The van der Waals surface area contributed by atoms with Crippen molar-refractivity contribution in [3.8, 4) is 0 Å². The summed E-state index contributed by atoms with van der Waals surface area (Å²) in [5.74, 6) is 0.902. The maximum atomic E-state index is 12.0. The highest BCUT2D eigenvalue weighted by Gasteiger charge is 2.14. The van der Waals surface area contributed by atoms with Crippen LogP contribution in [0.3, 0.4) is 0 Å². The number of rotatable bonds is 6. The predicted octanol–water partition coefficient (Wildman–Crippen LogP) is 0.267. The average molecular weight is 293 g/mol. The number of H-pyrrole nitrogens is 1. The number of aromatic amines is 1. The Hall–Kier alpha value is -2.78. The van der Waals surface area contributed by atoms with E-state index in [1.54, 1.807) is 14.0 Å². The van der Waals surface area contributed by atoms with Crippen LogP contribution >= 0.6 is 0 Å². The molecule has 0 aromatic carbocycles. The quantitative estimate of drug-likeness (QED) is 0.602. The van der Waals surface area contributed by atoms with E-state index in [1.165, 1.54) is 22.0 Å². The minimum Gasteiger partial charge on any atom is -0.358 e. The molecule has 0 aliphatic heterocycles. The first-order valence-corrected chi connectivity index (χ1v) is 6.23. The molecule has 0 aliphatic carbocycles. The summed E-state index contributed by atoms with van der Waals surface area (Å²) in [5.41, 5.74) is 0. The Labute approximate surface area is 120 Å². The minimum absolute atomic E-state index is 0.103. The molecule has 21 heavy (non-hydrogen) atoms. The topological polar surface area (TPSA) is 123 Å². The number of nitrogens with zero attached hydrogens (tertiary/aromatic N) is 6. The molecule has 0 fully saturated rings. The molecule has 10 heteroatoms. The van der Waals surface area contributed by atoms with E-state index in [1.807, 2.05) is 0 Å². The number of amides is 1. The van der Waals surface area contributed by atoms with E-state index < -0.39 is 4.92 Å². The maximum absolute atomic E-state index is 12.0. The SMILES string of the molecule is Cc1nc(CN(C)C(=O)CCn2cnc([N+](=O)[O-])c2)n[nH]1. The van der Waals surface area contributed by atoms with Crippen LogP contribution in [0.25, 0.3) is 0 Å². The molecule has 2 heterocycles. The smallest absolute Gasteiger partial charge is 0.358 e. The molecule has 112 valence electrons. The van der Waals surface area contributed by atoms with E-state index in [2.05, 4.69) is 20.2 Å². The van der Waals surface area contributed by atoms with Gasteiger partial charge in [0, 0.05) is 20.0 Å². The van der Waals surface area contributed by atoms with Crippen molar-refractivity contribution >= 4 is 11.7 Å². The van der Waals surface area contributed by atoms with Crippen molar-refractivity contribution in [2.24, 2.45) is 0 Å². The Bertz CT molecular complexity index is 648. The first-order valence-electron chi connectivity index (χ1n) is 6.23. The van der Waals surface area contributed by atoms with Crippen molar-refractivity contribution in [3.63, 3.8) is 0 Å². The van der Waals surface area contributed by atoms with Crippen LogP contribution in [0, 0.1) is 17.0 Å². The predicted molar refractivity (Wildman–Crippen MR) is 71.1 cm³/mol. The molecular weight excluding hydrogens is 278 g/mol. The summed E-state index contributed by atoms with van der Waals surface area (Å²) in [6.07, 6.45) is 2.85. The summed E-state index contributed by atoms with van der Waals surface area (Å²) < 4.78 is 1.51. The lowest BCUT2D eigenvalue weighted by Crippen LogP contribution is -2.27. The molecule has 0 spiro atoms. The Kier molecular flexibility index (Phi) is 4.26. The van der Waals surface area contributed by atoms with E-state index in [0.29, 0.717) is 24.7 Å². The first kappa shape index (κ1) is 14.6. The van der Waals surface area contributed by atoms with Gasteiger partial charge in [-0.05, 0) is 16.8 Å². The Morgan fingerprint density at radius 3 is 2.90 bits per heavy atom. The van der Waals surface area contributed by atoms with Gasteiger partial charge < -0.3 is 19.6 Å². The third-order valence-corrected chi connectivity index (χ3v) is 2.84. The summed E-state index contributed by atoms with van der Waals surface area (Å²) in [4.78, 5) is 31.1. The third kappa shape index (κ3) is 3.84. The number of aryl methyl sites for hydroxylation is 2. The van der Waals surface area contributed by atoms with Crippen LogP contribution in [-0.4, -0.2) is 47.5 Å². The summed E-state index contributed by atoms with van der Waals surface area (Å²) in [5, 5.41) is 17.2. The summed E-state index contributed by atoms with van der Waals surface area (Å²) in [6, 6.07) is 0. The number of nitrogens with one attached hydrogen (secondary N) is 1. The van der Waals surface area contributed by atoms with Crippen LogP contribution in [0.4, 0.5) is 5.82 Å². The molecular formula is C11H15N7O3. The second-order valence-corrected chi connectivity index (χ2v) is 4.56. The molecule has 0 saturated carbocycles. The zero-order valence-corrected chi connectivity index (χ0v) is 11.7. The molecule has 0 aliphatic rings. The molecule has 1 N–H and O–H groups in total. The number of hydrogen-bond acceptors (Lipinski definition) is 6. The van der Waals surface area contributed by atoms with E-state index in [4.69, 9.17) is 0 Å². The van der Waals surface area contributed by atoms with Gasteiger partial charge in [0.1, 0.15) is 12.0 Å². The van der Waals surface area contributed by atoms with Crippen LogP contribution < -0.4 is 0 Å². The molecule has 0 radical (unpaired) electrons. The van der Waals surface area contributed by atoms with Crippen LogP contribution in [0.1, 0.15) is 18.1 Å². The van der Waals surface area contributed by atoms with Crippen LogP contribution in [0.2, 0.25) is 0 Å². The molecule has 0 bridgehead atoms. The fraction of sp³-hybridized carbons (Fsp3) is 0.455. The van der Waals surface area contributed by atoms with Gasteiger partial charge >= 0.3 is 5.82 Å². The Morgan fingerprint density at radius 1 is 1.57 bits per heavy atom. The van der Waals surface area contributed by atoms with E-state index in [0.717, 1.165) is 0 Å². The number of carbonyl (C=O) groups excluding carboxylic acids is 1. The van der Waals surface area contributed by atoms with E-state index in [9.17, 15) is 14.9 Å². The van der Waals surface area contributed by atoms with Gasteiger partial charge in [0.15, 0.2) is 5.82 Å². The van der Waals surface area contributed by atoms with Crippen molar-refractivity contribution in [1.82, 2.24) is 29.6 Å². The normalized spacial score (nSPS) is 10.6. The van der Waals surface area contributed by atoms with Gasteiger partial charge in [-0.3, -0.25) is 9.89 Å². The van der Waals surface area contributed by atoms with Gasteiger partial charge in [0.2, 0.25) is 12.2 Å². The number of carbonyl (C=O) groups is 1. The highest BCUT2D eigenvalue weighted by atomic mass is 16.6. The van der Waals surface area contributed by atoms with Crippen molar-refractivity contribution in [1.29, 1.82) is 0 Å². The van der Waals surface area contributed by atoms with Gasteiger partial charge in [-0.2, -0.15) is 5.10 Å². The largest absolute Gasteiger partial charge is 0.381 e. The molecule has 2 aromatic heterocycles. The van der Waals surface area contributed by atoms with Gasteiger partial charge in [0.25, 0.3) is 0 Å². The molecule has 0 atom stereocenters. The zero-order valence-electron chi connectivity index (χ0n) is 11.7. The molecule has 10 nitrogen and oxygen atoms in total. The van der Waals surface area contributed by atoms with Gasteiger partial charge in [0.05, 0.1) is 6.54 Å². The Morgan fingerprint density at radius 2 is 2.33 bits per heavy atom. The van der Waals surface area contributed by atoms with E-state index in [-0.39, 0.29) is 18.1 Å². The molecule has 2 aromatic rings. The monoisotopic (exact) mass is 293 g/mol. The zero-order chi connectivity index (χ0) is 15.4. The Balaban J connectivity index is 1.84. The average Bonchev–Trinajstić information content (AvgIpc) is 3.05. The molecule has 2 rings (SSSR count). The van der Waals surface area contributed by atoms with Crippen LogP contribution in [0.5, 0.6) is 0 Å². The van der Waals surface area contributed by atoms with Crippen molar-refractivity contribution in [2.45, 2.75) is 26.4 Å². The van der Waals surface area contributed by atoms with Crippen molar-refractivity contribution < 1.29 is 9.72 Å². The van der Waals surface area contributed by atoms with E-state index >= 15 is 0 Å². The highest BCUT2D eigenvalue weighted by Crippen LogP contribution is 2.07. The van der Waals surface area contributed by atoms with Crippen LogP contribution in [-0.2, 0) is 17.9 Å². The maximum Gasteiger partial charge on any atom is 0.381 e. The highest BCUT2D eigenvalue weighted by molar-refractivity contribution is 5.75. The van der Waals surface area contributed by atoms with Crippen LogP contribution in [0.15, 0.2) is 12.5 Å². The number of hydrogen-bond donors (Lipinski definition) is 1. The number of aromatic nitrogens is 5. The summed E-state index contributed by atoms with van der Waals surface area (Å²) in [7, 11) is 1.66. The lowest BCUT2D eigenvalue weighted by molar-refractivity contribution is -0.389. The van der Waals surface area contributed by atoms with Gasteiger partial charge in [-0.25, -0.2) is 4.98 Å².